The highest BCUT2D eigenvalue weighted by atomic mass is 35.5. The number of aliphatic hydroxyl groups excluding tert-OH is 1. The molecule has 2 aromatic rings. The van der Waals surface area contributed by atoms with E-state index >= 15 is 0 Å². The number of hydrogen-bond acceptors (Lipinski definition) is 6. The Morgan fingerprint density at radius 1 is 1.41 bits per heavy atom. The molecule has 0 saturated carbocycles. The molecule has 146 valence electrons. The van der Waals surface area contributed by atoms with Gasteiger partial charge in [0.15, 0.2) is 0 Å². The van der Waals surface area contributed by atoms with Gasteiger partial charge in [-0.2, -0.15) is 0 Å². The van der Waals surface area contributed by atoms with Gasteiger partial charge in [0.2, 0.25) is 0 Å². The highest BCUT2D eigenvalue weighted by Crippen LogP contribution is 2.49. The maximum absolute atomic E-state index is 9.71. The van der Waals surface area contributed by atoms with E-state index in [2.05, 4.69) is 28.7 Å². The molecule has 0 aliphatic carbocycles. The second-order valence-corrected chi connectivity index (χ2v) is 9.17. The molecule has 0 amide bonds. The van der Waals surface area contributed by atoms with Gasteiger partial charge < -0.3 is 9.84 Å². The van der Waals surface area contributed by atoms with E-state index in [9.17, 15) is 5.11 Å². The number of aromatic nitrogens is 2. The van der Waals surface area contributed by atoms with Crippen LogP contribution in [-0.2, 0) is 36.3 Å². The molecule has 0 aromatic carbocycles. The number of thiophene rings is 1. The summed E-state index contributed by atoms with van der Waals surface area (Å²) in [6.07, 6.45) is 7.49. The van der Waals surface area contributed by atoms with E-state index in [1.165, 1.54) is 10.4 Å². The number of nitrogens with zero attached hydrogens (tertiary/aromatic N) is 3. The number of likely N-dealkylation sites (tertiary alicyclic amines) is 1. The minimum Gasteiger partial charge on any atom is -0.392 e. The quantitative estimate of drug-likeness (QED) is 0.837. The van der Waals surface area contributed by atoms with Crippen LogP contribution in [0.5, 0.6) is 0 Å². The topological polar surface area (TPSA) is 58.5 Å². The van der Waals surface area contributed by atoms with E-state index in [0.29, 0.717) is 12.6 Å². The number of aliphatic hydroxyl groups is 1. The van der Waals surface area contributed by atoms with Crippen LogP contribution in [0.25, 0.3) is 0 Å². The summed E-state index contributed by atoms with van der Waals surface area (Å²) in [6, 6.07) is 0.383. The standard InChI is InChI=1S/C20H26ClN3O2S/c1-3-17-22-9-14(10-23-17)11-24-6-5-20(8-13(24)2)18-15(4-7-26-20)16(12-25)19(21)27-18/h9-10,13,25H,3-8,11-12H2,1-2H3/t13-,20+/m0/s1. The van der Waals surface area contributed by atoms with Gasteiger partial charge in [-0.15, -0.1) is 11.3 Å². The van der Waals surface area contributed by atoms with Crippen molar-refractivity contribution in [2.24, 2.45) is 0 Å². The number of halogens is 1. The fourth-order valence-corrected chi connectivity index (χ4v) is 6.05. The summed E-state index contributed by atoms with van der Waals surface area (Å²) in [7, 11) is 0. The molecule has 2 aliphatic heterocycles. The predicted molar refractivity (Wildman–Crippen MR) is 107 cm³/mol. The minimum absolute atomic E-state index is 0.0101. The lowest BCUT2D eigenvalue weighted by Gasteiger charge is -2.47. The summed E-state index contributed by atoms with van der Waals surface area (Å²) < 4.78 is 7.08. The Morgan fingerprint density at radius 2 is 2.19 bits per heavy atom. The Morgan fingerprint density at radius 3 is 2.85 bits per heavy atom. The van der Waals surface area contributed by atoms with E-state index in [-0.39, 0.29) is 12.2 Å². The molecule has 4 rings (SSSR count). The summed E-state index contributed by atoms with van der Waals surface area (Å²) >= 11 is 8.01. The molecule has 2 atom stereocenters. The van der Waals surface area contributed by atoms with Crippen LogP contribution in [0.4, 0.5) is 0 Å². The van der Waals surface area contributed by atoms with Crippen LogP contribution < -0.4 is 0 Å². The smallest absolute Gasteiger partial charge is 0.127 e. The molecule has 1 spiro atoms. The van der Waals surface area contributed by atoms with Crippen molar-refractivity contribution in [1.82, 2.24) is 14.9 Å². The van der Waals surface area contributed by atoms with Gasteiger partial charge in [-0.25, -0.2) is 9.97 Å². The summed E-state index contributed by atoms with van der Waals surface area (Å²) in [6.45, 7) is 6.87. The first kappa shape index (κ1) is 19.3. The molecule has 2 aliphatic rings. The van der Waals surface area contributed by atoms with Crippen LogP contribution in [-0.4, -0.2) is 39.2 Å². The molecule has 27 heavy (non-hydrogen) atoms. The molecular formula is C20H26ClN3O2S. The molecule has 4 heterocycles. The van der Waals surface area contributed by atoms with Gasteiger partial charge in [0.1, 0.15) is 11.4 Å². The summed E-state index contributed by atoms with van der Waals surface area (Å²) in [5.41, 5.74) is 3.03. The van der Waals surface area contributed by atoms with Crippen molar-refractivity contribution in [1.29, 1.82) is 0 Å². The Labute approximate surface area is 169 Å². The van der Waals surface area contributed by atoms with Crippen LogP contribution in [0.3, 0.4) is 0 Å². The molecular weight excluding hydrogens is 382 g/mol. The fraction of sp³-hybridized carbons (Fsp3) is 0.600. The van der Waals surface area contributed by atoms with Crippen molar-refractivity contribution in [3.8, 4) is 0 Å². The van der Waals surface area contributed by atoms with Crippen molar-refractivity contribution in [2.75, 3.05) is 13.2 Å². The van der Waals surface area contributed by atoms with Crippen LogP contribution in [0.1, 0.15) is 54.1 Å². The molecule has 0 radical (unpaired) electrons. The molecule has 7 heteroatoms. The van der Waals surface area contributed by atoms with E-state index < -0.39 is 0 Å². The second-order valence-electron chi connectivity index (χ2n) is 7.55. The minimum atomic E-state index is -0.256. The van der Waals surface area contributed by atoms with Crippen molar-refractivity contribution in [3.63, 3.8) is 0 Å². The van der Waals surface area contributed by atoms with E-state index in [1.807, 2.05) is 12.4 Å². The SMILES string of the molecule is CCc1ncc(CN2CC[C@]3(C[C@@H]2C)OCCc2c3sc(Cl)c2CO)cn1. The van der Waals surface area contributed by atoms with E-state index in [4.69, 9.17) is 16.3 Å². The molecule has 1 N–H and O–H groups in total. The average Bonchev–Trinajstić information content (AvgIpc) is 3.01. The first-order valence-electron chi connectivity index (χ1n) is 9.65. The maximum atomic E-state index is 9.71. The van der Waals surface area contributed by atoms with Crippen LogP contribution >= 0.6 is 22.9 Å². The lowest BCUT2D eigenvalue weighted by molar-refractivity contribution is -0.110. The van der Waals surface area contributed by atoms with Gasteiger partial charge in [-0.1, -0.05) is 18.5 Å². The van der Waals surface area contributed by atoms with Crippen molar-refractivity contribution < 1.29 is 9.84 Å². The van der Waals surface area contributed by atoms with Crippen molar-refractivity contribution >= 4 is 22.9 Å². The van der Waals surface area contributed by atoms with Crippen LogP contribution in [0.15, 0.2) is 12.4 Å². The third kappa shape index (κ3) is 3.54. The first-order chi connectivity index (χ1) is 13.1. The number of ether oxygens (including phenoxy) is 1. The Balaban J connectivity index is 1.52. The van der Waals surface area contributed by atoms with Crippen LogP contribution in [0, 0.1) is 0 Å². The van der Waals surface area contributed by atoms with Gasteiger partial charge in [0.05, 0.1) is 17.6 Å². The van der Waals surface area contributed by atoms with Gasteiger partial charge in [0, 0.05) is 53.9 Å². The lowest BCUT2D eigenvalue weighted by atomic mass is 9.81. The molecule has 0 unspecified atom stereocenters. The predicted octanol–water partition coefficient (Wildman–Crippen LogP) is 3.70. The zero-order valence-electron chi connectivity index (χ0n) is 15.9. The van der Waals surface area contributed by atoms with Gasteiger partial charge in [-0.3, -0.25) is 4.90 Å². The van der Waals surface area contributed by atoms with Crippen LogP contribution in [0.2, 0.25) is 4.34 Å². The zero-order chi connectivity index (χ0) is 19.0. The zero-order valence-corrected chi connectivity index (χ0v) is 17.4. The monoisotopic (exact) mass is 407 g/mol. The highest BCUT2D eigenvalue weighted by molar-refractivity contribution is 7.16. The fourth-order valence-electron chi connectivity index (χ4n) is 4.38. The normalized spacial score (nSPS) is 25.7. The first-order valence-corrected chi connectivity index (χ1v) is 10.8. The third-order valence-corrected chi connectivity index (χ3v) is 7.59. The molecule has 1 saturated heterocycles. The number of hydrogen-bond donors (Lipinski definition) is 1. The number of fused-ring (bicyclic) bond motifs is 2. The van der Waals surface area contributed by atoms with Gasteiger partial charge in [-0.05, 0) is 31.7 Å². The summed E-state index contributed by atoms with van der Waals surface area (Å²) in [5, 5.41) is 9.71. The van der Waals surface area contributed by atoms with Crippen molar-refractivity contribution in [3.05, 3.63) is 44.1 Å². The number of aryl methyl sites for hydroxylation is 1. The maximum Gasteiger partial charge on any atom is 0.127 e. The Kier molecular flexibility index (Phi) is 5.54. The second kappa shape index (κ2) is 7.76. The lowest BCUT2D eigenvalue weighted by Crippen LogP contribution is -2.50. The Bertz CT molecular complexity index is 810. The average molecular weight is 408 g/mol. The molecule has 5 nitrogen and oxygen atoms in total. The molecule has 2 aromatic heterocycles. The van der Waals surface area contributed by atoms with Gasteiger partial charge in [0.25, 0.3) is 0 Å². The number of piperidine rings is 1. The Hall–Kier alpha value is -1.05. The van der Waals surface area contributed by atoms with Crippen molar-refractivity contribution in [2.45, 2.75) is 64.3 Å². The number of rotatable bonds is 4. The summed E-state index contributed by atoms with van der Waals surface area (Å²) in [5.74, 6) is 0.891. The van der Waals surface area contributed by atoms with E-state index in [1.54, 1.807) is 11.3 Å². The molecule has 0 bridgehead atoms. The van der Waals surface area contributed by atoms with Gasteiger partial charge >= 0.3 is 0 Å². The summed E-state index contributed by atoms with van der Waals surface area (Å²) in [4.78, 5) is 12.6. The third-order valence-electron chi connectivity index (χ3n) is 5.88. The van der Waals surface area contributed by atoms with E-state index in [0.717, 1.165) is 60.1 Å². The largest absolute Gasteiger partial charge is 0.392 e. The molecule has 1 fully saturated rings. The highest BCUT2D eigenvalue weighted by Gasteiger charge is 2.45.